The molecule has 1 aromatic carbocycles. The van der Waals surface area contributed by atoms with Gasteiger partial charge in [-0.1, -0.05) is 28.1 Å². The van der Waals surface area contributed by atoms with Crippen molar-refractivity contribution in [2.75, 3.05) is 6.79 Å². The maximum atomic E-state index is 5.36. The monoisotopic (exact) mass is 303 g/mol. The Labute approximate surface area is 113 Å². The number of ether oxygens (including phenoxy) is 2. The number of pyridine rings is 1. The van der Waals surface area contributed by atoms with Gasteiger partial charge in [-0.15, -0.1) is 0 Å². The van der Waals surface area contributed by atoms with Crippen LogP contribution in [-0.4, -0.2) is 11.8 Å². The zero-order valence-corrected chi connectivity index (χ0v) is 11.1. The highest BCUT2D eigenvalue weighted by Gasteiger charge is 2.14. The molecule has 0 spiro atoms. The van der Waals surface area contributed by atoms with E-state index in [1.165, 1.54) is 0 Å². The highest BCUT2D eigenvalue weighted by molar-refractivity contribution is 9.10. The van der Waals surface area contributed by atoms with Gasteiger partial charge in [0.05, 0.1) is 0 Å². The lowest BCUT2D eigenvalue weighted by atomic mass is 10.1. The summed E-state index contributed by atoms with van der Waals surface area (Å²) in [7, 11) is 0. The Morgan fingerprint density at radius 3 is 2.56 bits per heavy atom. The van der Waals surface area contributed by atoms with Crippen LogP contribution in [-0.2, 0) is 0 Å². The molecule has 0 saturated heterocycles. The molecule has 0 fully saturated rings. The molecule has 2 heterocycles. The van der Waals surface area contributed by atoms with Gasteiger partial charge in [0.25, 0.3) is 0 Å². The summed E-state index contributed by atoms with van der Waals surface area (Å²) in [5, 5.41) is 0. The zero-order valence-electron chi connectivity index (χ0n) is 9.47. The highest BCUT2D eigenvalue weighted by Crippen LogP contribution is 2.37. The van der Waals surface area contributed by atoms with E-state index in [-0.39, 0.29) is 0 Å². The van der Waals surface area contributed by atoms with Crippen molar-refractivity contribution in [3.8, 4) is 11.5 Å². The molecular weight excluding hydrogens is 294 g/mol. The van der Waals surface area contributed by atoms with E-state index in [1.807, 2.05) is 36.4 Å². The molecule has 2 aromatic rings. The molecule has 0 unspecified atom stereocenters. The first-order chi connectivity index (χ1) is 8.83. The Morgan fingerprint density at radius 1 is 1.06 bits per heavy atom. The van der Waals surface area contributed by atoms with Gasteiger partial charge in [-0.3, -0.25) is 4.98 Å². The molecule has 0 aliphatic carbocycles. The summed E-state index contributed by atoms with van der Waals surface area (Å²) in [5.74, 6) is 1.57. The van der Waals surface area contributed by atoms with Crippen LogP contribution >= 0.6 is 15.9 Å². The van der Waals surface area contributed by atoms with Crippen LogP contribution in [0, 0.1) is 0 Å². The molecule has 3 rings (SSSR count). The molecule has 1 aliphatic rings. The minimum absolute atomic E-state index is 0.291. The number of nitrogens with zero attached hydrogens (tertiary/aromatic N) is 1. The van der Waals surface area contributed by atoms with Crippen LogP contribution in [0.4, 0.5) is 0 Å². The van der Waals surface area contributed by atoms with Crippen LogP contribution in [0.25, 0.3) is 12.2 Å². The molecule has 4 heteroatoms. The summed E-state index contributed by atoms with van der Waals surface area (Å²) in [6.45, 7) is 0.291. The maximum absolute atomic E-state index is 5.36. The summed E-state index contributed by atoms with van der Waals surface area (Å²) < 4.78 is 11.7. The fourth-order valence-electron chi connectivity index (χ4n) is 1.72. The zero-order chi connectivity index (χ0) is 12.4. The average molecular weight is 304 g/mol. The Morgan fingerprint density at radius 2 is 1.78 bits per heavy atom. The van der Waals surface area contributed by atoms with Crippen LogP contribution in [0.1, 0.15) is 11.1 Å². The number of halogens is 1. The number of benzene rings is 1. The number of rotatable bonds is 2. The van der Waals surface area contributed by atoms with Gasteiger partial charge in [0.15, 0.2) is 11.5 Å². The van der Waals surface area contributed by atoms with E-state index in [9.17, 15) is 0 Å². The Balaban J connectivity index is 1.91. The minimum Gasteiger partial charge on any atom is -0.454 e. The Bertz CT molecular complexity index is 596. The van der Waals surface area contributed by atoms with Crippen molar-refractivity contribution < 1.29 is 9.47 Å². The van der Waals surface area contributed by atoms with Crippen molar-refractivity contribution >= 4 is 28.1 Å². The number of fused-ring (bicyclic) bond motifs is 1. The first kappa shape index (κ1) is 11.3. The third-order valence-electron chi connectivity index (χ3n) is 2.65. The highest BCUT2D eigenvalue weighted by atomic mass is 79.9. The van der Waals surface area contributed by atoms with E-state index < -0.39 is 0 Å². The number of hydrogen-bond donors (Lipinski definition) is 0. The van der Waals surface area contributed by atoms with E-state index in [0.717, 1.165) is 27.1 Å². The second-order valence-corrected chi connectivity index (χ2v) is 4.70. The number of aromatic nitrogens is 1. The van der Waals surface area contributed by atoms with Crippen LogP contribution in [0.15, 0.2) is 41.1 Å². The quantitative estimate of drug-likeness (QED) is 0.847. The van der Waals surface area contributed by atoms with Gasteiger partial charge < -0.3 is 9.47 Å². The van der Waals surface area contributed by atoms with Gasteiger partial charge in [-0.2, -0.15) is 0 Å². The molecule has 3 nitrogen and oxygen atoms in total. The lowest BCUT2D eigenvalue weighted by Crippen LogP contribution is -1.92. The molecule has 0 bridgehead atoms. The Hall–Kier alpha value is -1.81. The summed E-state index contributed by atoms with van der Waals surface area (Å²) in [6.07, 6.45) is 7.61. The Kier molecular flexibility index (Phi) is 3.02. The topological polar surface area (TPSA) is 31.4 Å². The van der Waals surface area contributed by atoms with Gasteiger partial charge in [0.1, 0.15) is 0 Å². The fraction of sp³-hybridized carbons (Fsp3) is 0.0714. The predicted molar refractivity (Wildman–Crippen MR) is 73.4 cm³/mol. The van der Waals surface area contributed by atoms with Crippen molar-refractivity contribution in [1.29, 1.82) is 0 Å². The molecule has 1 aromatic heterocycles. The van der Waals surface area contributed by atoms with E-state index in [0.29, 0.717) is 6.79 Å². The van der Waals surface area contributed by atoms with Gasteiger partial charge >= 0.3 is 0 Å². The molecule has 0 saturated carbocycles. The minimum atomic E-state index is 0.291. The van der Waals surface area contributed by atoms with E-state index in [4.69, 9.17) is 9.47 Å². The van der Waals surface area contributed by atoms with Gasteiger partial charge in [0, 0.05) is 16.9 Å². The molecule has 1 aliphatic heterocycles. The first-order valence-corrected chi connectivity index (χ1v) is 6.29. The fourth-order valence-corrected chi connectivity index (χ4v) is 2.18. The maximum Gasteiger partial charge on any atom is 0.231 e. The van der Waals surface area contributed by atoms with Gasteiger partial charge in [0.2, 0.25) is 6.79 Å². The summed E-state index contributed by atoms with van der Waals surface area (Å²) in [5.41, 5.74) is 2.16. The van der Waals surface area contributed by atoms with Crippen molar-refractivity contribution in [3.05, 3.63) is 52.3 Å². The third kappa shape index (κ3) is 2.24. The van der Waals surface area contributed by atoms with Crippen LogP contribution in [0.5, 0.6) is 11.5 Å². The largest absolute Gasteiger partial charge is 0.454 e. The summed E-state index contributed by atoms with van der Waals surface area (Å²) in [4.78, 5) is 3.99. The van der Waals surface area contributed by atoms with E-state index in [1.54, 1.807) is 12.4 Å². The third-order valence-corrected chi connectivity index (χ3v) is 3.34. The summed E-state index contributed by atoms with van der Waals surface area (Å²) in [6, 6.07) is 7.80. The van der Waals surface area contributed by atoms with Crippen molar-refractivity contribution in [2.24, 2.45) is 0 Å². The lowest BCUT2D eigenvalue weighted by Gasteiger charge is -2.01. The molecule has 18 heavy (non-hydrogen) atoms. The lowest BCUT2D eigenvalue weighted by molar-refractivity contribution is 0.174. The van der Waals surface area contributed by atoms with E-state index >= 15 is 0 Å². The van der Waals surface area contributed by atoms with Gasteiger partial charge in [-0.05, 0) is 35.4 Å². The van der Waals surface area contributed by atoms with Gasteiger partial charge in [-0.25, -0.2) is 0 Å². The number of hydrogen-bond acceptors (Lipinski definition) is 3. The van der Waals surface area contributed by atoms with Crippen molar-refractivity contribution in [1.82, 2.24) is 4.98 Å². The van der Waals surface area contributed by atoms with E-state index in [2.05, 4.69) is 20.9 Å². The second kappa shape index (κ2) is 4.82. The van der Waals surface area contributed by atoms with Crippen LogP contribution in [0.3, 0.4) is 0 Å². The van der Waals surface area contributed by atoms with Crippen LogP contribution < -0.4 is 9.47 Å². The SMILES string of the molecule is Brc1cc2c(cc1C=Cc1ccncc1)OCO2. The van der Waals surface area contributed by atoms with Crippen molar-refractivity contribution in [3.63, 3.8) is 0 Å². The standard InChI is InChI=1S/C14H10BrNO2/c15-12-8-14-13(17-9-18-14)7-11(12)2-1-10-3-5-16-6-4-10/h1-8H,9H2. The normalized spacial score (nSPS) is 13.2. The molecule has 90 valence electrons. The average Bonchev–Trinajstić information content (AvgIpc) is 2.84. The predicted octanol–water partition coefficient (Wildman–Crippen LogP) is 3.74. The molecule has 0 amide bonds. The smallest absolute Gasteiger partial charge is 0.231 e. The second-order valence-electron chi connectivity index (χ2n) is 3.84. The van der Waals surface area contributed by atoms with Crippen LogP contribution in [0.2, 0.25) is 0 Å². The molecule has 0 atom stereocenters. The molecule has 0 N–H and O–H groups in total. The first-order valence-electron chi connectivity index (χ1n) is 5.50. The summed E-state index contributed by atoms with van der Waals surface area (Å²) >= 11 is 3.52. The van der Waals surface area contributed by atoms with Crippen molar-refractivity contribution in [2.45, 2.75) is 0 Å². The molecule has 0 radical (unpaired) electrons. The molecular formula is C14H10BrNO2.